The van der Waals surface area contributed by atoms with E-state index in [1.807, 2.05) is 0 Å². The quantitative estimate of drug-likeness (QED) is 0.403. The van der Waals surface area contributed by atoms with Crippen LogP contribution in [0.1, 0.15) is 39.0 Å². The van der Waals surface area contributed by atoms with Gasteiger partial charge >= 0.3 is 0 Å². The average molecular weight is 532 g/mol. The van der Waals surface area contributed by atoms with Gasteiger partial charge in [-0.3, -0.25) is 9.29 Å². The largest absolute Gasteiger partial charge is 0.494 e. The molecule has 0 spiro atoms. The minimum atomic E-state index is -4.06. The smallest absolute Gasteiger partial charge is 0.243 e. The van der Waals surface area contributed by atoms with E-state index in [0.29, 0.717) is 28.8 Å². The first-order chi connectivity index (χ1) is 17.8. The van der Waals surface area contributed by atoms with E-state index in [1.54, 1.807) is 36.4 Å². The Hall–Kier alpha value is -3.38. The molecule has 0 amide bonds. The number of hydrogen-bond donors (Lipinski definition) is 2. The molecule has 1 fully saturated rings. The van der Waals surface area contributed by atoms with Crippen LogP contribution >= 0.6 is 0 Å². The van der Waals surface area contributed by atoms with Crippen molar-refractivity contribution < 1.29 is 27.7 Å². The van der Waals surface area contributed by atoms with Crippen LogP contribution in [0, 0.1) is 5.92 Å². The topological polar surface area (TPSA) is 138 Å². The normalized spacial score (nSPS) is 16.1. The standard InChI is InChI=1S/C25H33N5O6S/c1-16(23(31)17-10-6-5-7-11-17)37(32,33)29-25-28-27-24(18-12-8-15-21(26-18)36-4)30(25)22-19(34-2)13-9-14-20(22)35-3/h8-9,12-17,23,31H,5-7,10-11H2,1-4H3,(H,28,29)/t16-,23-/m0/s1. The lowest BCUT2D eigenvalue weighted by atomic mass is 9.84. The van der Waals surface area contributed by atoms with Gasteiger partial charge < -0.3 is 19.3 Å². The molecule has 12 heteroatoms. The summed E-state index contributed by atoms with van der Waals surface area (Å²) in [5.41, 5.74) is 0.774. The molecule has 0 saturated heterocycles. The number of aliphatic hydroxyl groups excluding tert-OH is 1. The van der Waals surface area contributed by atoms with Gasteiger partial charge in [0, 0.05) is 6.07 Å². The maximum absolute atomic E-state index is 13.5. The Morgan fingerprint density at radius 1 is 0.973 bits per heavy atom. The van der Waals surface area contributed by atoms with Gasteiger partial charge in [-0.05, 0) is 43.9 Å². The van der Waals surface area contributed by atoms with E-state index in [-0.39, 0.29) is 17.7 Å². The zero-order chi connectivity index (χ0) is 26.6. The molecule has 0 aliphatic heterocycles. The number of nitrogens with zero attached hydrogens (tertiary/aromatic N) is 4. The van der Waals surface area contributed by atoms with E-state index in [2.05, 4.69) is 19.9 Å². The Morgan fingerprint density at radius 3 is 2.24 bits per heavy atom. The number of pyridine rings is 1. The second-order valence-electron chi connectivity index (χ2n) is 9.00. The van der Waals surface area contributed by atoms with Crippen LogP contribution in [0.2, 0.25) is 0 Å². The lowest BCUT2D eigenvalue weighted by Gasteiger charge is -2.30. The monoisotopic (exact) mass is 531 g/mol. The Kier molecular flexibility index (Phi) is 8.18. The van der Waals surface area contributed by atoms with Gasteiger partial charge in [0.1, 0.15) is 28.1 Å². The minimum Gasteiger partial charge on any atom is -0.494 e. The molecule has 1 aliphatic rings. The number of hydrogen-bond acceptors (Lipinski definition) is 9. The van der Waals surface area contributed by atoms with Crippen molar-refractivity contribution in [1.82, 2.24) is 19.7 Å². The summed E-state index contributed by atoms with van der Waals surface area (Å²) in [5, 5.41) is 18.3. The fourth-order valence-electron chi connectivity index (χ4n) is 4.70. The van der Waals surface area contributed by atoms with Crippen LogP contribution in [0.4, 0.5) is 5.95 Å². The molecule has 0 bridgehead atoms. The van der Waals surface area contributed by atoms with Crippen molar-refractivity contribution in [3.05, 3.63) is 36.4 Å². The van der Waals surface area contributed by atoms with Crippen LogP contribution < -0.4 is 18.9 Å². The summed E-state index contributed by atoms with van der Waals surface area (Å²) < 4.78 is 47.4. The summed E-state index contributed by atoms with van der Waals surface area (Å²) in [6.45, 7) is 1.51. The van der Waals surface area contributed by atoms with E-state index in [4.69, 9.17) is 14.2 Å². The number of aromatic nitrogens is 4. The maximum atomic E-state index is 13.5. The predicted molar refractivity (Wildman–Crippen MR) is 139 cm³/mol. The molecule has 3 aromatic rings. The first-order valence-electron chi connectivity index (χ1n) is 12.2. The highest BCUT2D eigenvalue weighted by atomic mass is 32.2. The fraction of sp³-hybridized carbons (Fsp3) is 0.480. The first-order valence-corrected chi connectivity index (χ1v) is 13.7. The summed E-state index contributed by atoms with van der Waals surface area (Å²) in [6, 6.07) is 10.3. The van der Waals surface area contributed by atoms with E-state index >= 15 is 0 Å². The molecule has 11 nitrogen and oxygen atoms in total. The molecular weight excluding hydrogens is 498 g/mol. The van der Waals surface area contributed by atoms with Crippen molar-refractivity contribution in [2.45, 2.75) is 50.4 Å². The van der Waals surface area contributed by atoms with E-state index in [1.165, 1.54) is 32.8 Å². The molecule has 0 unspecified atom stereocenters. The second kappa shape index (κ2) is 11.3. The molecule has 37 heavy (non-hydrogen) atoms. The molecular formula is C25H33N5O6S. The highest BCUT2D eigenvalue weighted by Gasteiger charge is 2.36. The zero-order valence-electron chi connectivity index (χ0n) is 21.4. The summed E-state index contributed by atoms with van der Waals surface area (Å²) in [7, 11) is 0.433. The van der Waals surface area contributed by atoms with Gasteiger partial charge in [-0.15, -0.1) is 10.2 Å². The summed E-state index contributed by atoms with van der Waals surface area (Å²) in [4.78, 5) is 4.45. The first kappa shape index (κ1) is 26.7. The van der Waals surface area contributed by atoms with Crippen molar-refractivity contribution in [2.75, 3.05) is 26.1 Å². The van der Waals surface area contributed by atoms with Crippen molar-refractivity contribution >= 4 is 16.0 Å². The lowest BCUT2D eigenvalue weighted by molar-refractivity contribution is 0.0841. The zero-order valence-corrected chi connectivity index (χ0v) is 22.2. The van der Waals surface area contributed by atoms with Crippen LogP contribution in [0.15, 0.2) is 36.4 Å². The molecule has 4 rings (SSSR count). The Labute approximate surface area is 216 Å². The molecule has 1 aromatic carbocycles. The molecule has 0 radical (unpaired) electrons. The second-order valence-corrected chi connectivity index (χ2v) is 11.0. The van der Waals surface area contributed by atoms with Crippen molar-refractivity contribution in [2.24, 2.45) is 5.92 Å². The summed E-state index contributed by atoms with van der Waals surface area (Å²) >= 11 is 0. The lowest BCUT2D eigenvalue weighted by Crippen LogP contribution is -2.41. The highest BCUT2D eigenvalue weighted by molar-refractivity contribution is 7.93. The maximum Gasteiger partial charge on any atom is 0.243 e. The van der Waals surface area contributed by atoms with E-state index < -0.39 is 21.4 Å². The average Bonchev–Trinajstić information content (AvgIpc) is 3.34. The molecule has 2 atom stereocenters. The van der Waals surface area contributed by atoms with Crippen LogP contribution in [0.25, 0.3) is 17.2 Å². The third-order valence-corrected chi connectivity index (χ3v) is 8.51. The van der Waals surface area contributed by atoms with Crippen molar-refractivity contribution in [1.29, 1.82) is 0 Å². The SMILES string of the molecule is COc1cccc(-c2nnc(NS(=O)(=O)[C@@H](C)[C@H](O)C3CCCCC3)n2-c2c(OC)cccc2OC)n1. The Bertz CT molecular complexity index is 1300. The molecule has 2 N–H and O–H groups in total. The number of sulfonamides is 1. The third kappa shape index (κ3) is 5.49. The number of anilines is 1. The molecule has 1 saturated carbocycles. The Balaban J connectivity index is 1.81. The number of ether oxygens (including phenoxy) is 3. The van der Waals surface area contributed by atoms with E-state index in [9.17, 15) is 13.5 Å². The van der Waals surface area contributed by atoms with Gasteiger partial charge in [-0.1, -0.05) is 31.4 Å². The summed E-state index contributed by atoms with van der Waals surface area (Å²) in [5.74, 6) is 1.23. The predicted octanol–water partition coefficient (Wildman–Crippen LogP) is 3.43. The molecule has 2 heterocycles. The number of aliphatic hydroxyl groups is 1. The van der Waals surface area contributed by atoms with Crippen molar-refractivity contribution in [3.8, 4) is 34.6 Å². The Morgan fingerprint density at radius 2 is 1.62 bits per heavy atom. The fourth-order valence-corrected chi connectivity index (χ4v) is 5.86. The number of benzene rings is 1. The number of rotatable bonds is 10. The number of nitrogens with one attached hydrogen (secondary N) is 1. The third-order valence-electron chi connectivity index (χ3n) is 6.79. The van der Waals surface area contributed by atoms with Gasteiger partial charge in [-0.2, -0.15) is 0 Å². The molecule has 1 aliphatic carbocycles. The van der Waals surface area contributed by atoms with Crippen LogP contribution in [-0.4, -0.2) is 66.0 Å². The molecule has 2 aromatic heterocycles. The van der Waals surface area contributed by atoms with Gasteiger partial charge in [0.2, 0.25) is 21.9 Å². The summed E-state index contributed by atoms with van der Waals surface area (Å²) in [6.07, 6.45) is 3.69. The van der Waals surface area contributed by atoms with Crippen LogP contribution in [0.3, 0.4) is 0 Å². The van der Waals surface area contributed by atoms with Gasteiger partial charge in [-0.25, -0.2) is 13.4 Å². The molecule has 200 valence electrons. The van der Waals surface area contributed by atoms with Gasteiger partial charge in [0.25, 0.3) is 0 Å². The van der Waals surface area contributed by atoms with E-state index in [0.717, 1.165) is 32.1 Å². The van der Waals surface area contributed by atoms with Crippen molar-refractivity contribution in [3.63, 3.8) is 0 Å². The number of methoxy groups -OCH3 is 3. The van der Waals surface area contributed by atoms with Gasteiger partial charge in [0.05, 0.1) is 27.4 Å². The van der Waals surface area contributed by atoms with Crippen LogP contribution in [-0.2, 0) is 10.0 Å². The minimum absolute atomic E-state index is 0.0657. The van der Waals surface area contributed by atoms with Gasteiger partial charge in [0.15, 0.2) is 5.82 Å². The highest BCUT2D eigenvalue weighted by Crippen LogP contribution is 2.38. The number of para-hydroxylation sites is 1. The van der Waals surface area contributed by atoms with Crippen LogP contribution in [0.5, 0.6) is 17.4 Å².